The summed E-state index contributed by atoms with van der Waals surface area (Å²) in [4.78, 5) is 5.05. The molecule has 1 N–H and O–H groups in total. The third-order valence-corrected chi connectivity index (χ3v) is 2.98. The third-order valence-electron chi connectivity index (χ3n) is 2.22. The van der Waals surface area contributed by atoms with Gasteiger partial charge in [0.1, 0.15) is 12.4 Å². The molecule has 4 heteroatoms. The van der Waals surface area contributed by atoms with E-state index >= 15 is 0 Å². The topological polar surface area (TPSA) is 42.4 Å². The van der Waals surface area contributed by atoms with Gasteiger partial charge in [-0.15, -0.1) is 11.3 Å². The Morgan fingerprint density at radius 1 is 1.44 bits per heavy atom. The molecule has 0 spiro atoms. The second-order valence-electron chi connectivity index (χ2n) is 3.47. The number of rotatable bonds is 4. The molecule has 0 aliphatic carbocycles. The zero-order valence-corrected chi connectivity index (χ0v) is 9.78. The van der Waals surface area contributed by atoms with Crippen molar-refractivity contribution >= 4 is 11.3 Å². The summed E-state index contributed by atoms with van der Waals surface area (Å²) in [5, 5.41) is 9.57. The van der Waals surface area contributed by atoms with E-state index in [4.69, 9.17) is 4.74 Å². The average molecular weight is 235 g/mol. The Morgan fingerprint density at radius 3 is 2.94 bits per heavy atom. The number of aliphatic hydroxyl groups excluding tert-OH is 1. The molecule has 84 valence electrons. The summed E-state index contributed by atoms with van der Waals surface area (Å²) in [6, 6.07) is 7.52. The van der Waals surface area contributed by atoms with Crippen molar-refractivity contribution in [3.05, 3.63) is 46.4 Å². The third kappa shape index (κ3) is 2.59. The van der Waals surface area contributed by atoms with Crippen LogP contribution in [0, 0.1) is 0 Å². The van der Waals surface area contributed by atoms with Gasteiger partial charge in [0.05, 0.1) is 16.5 Å². The SMILES string of the molecule is CC(O)c1ccccc1OCc1cncs1. The fourth-order valence-electron chi connectivity index (χ4n) is 1.42. The van der Waals surface area contributed by atoms with Crippen LogP contribution in [0.4, 0.5) is 0 Å². The zero-order chi connectivity index (χ0) is 11.4. The van der Waals surface area contributed by atoms with Crippen molar-refractivity contribution in [1.29, 1.82) is 0 Å². The Bertz CT molecular complexity index is 440. The number of thiazole rings is 1. The molecule has 0 saturated heterocycles. The minimum atomic E-state index is -0.516. The minimum absolute atomic E-state index is 0.494. The van der Waals surface area contributed by atoms with E-state index in [-0.39, 0.29) is 0 Å². The molecule has 1 aromatic heterocycles. The van der Waals surface area contributed by atoms with Crippen LogP contribution in [-0.2, 0) is 6.61 Å². The fourth-order valence-corrected chi connectivity index (χ4v) is 1.93. The van der Waals surface area contributed by atoms with Gasteiger partial charge in [-0.1, -0.05) is 18.2 Å². The number of ether oxygens (including phenoxy) is 1. The predicted molar refractivity (Wildman–Crippen MR) is 63.5 cm³/mol. The van der Waals surface area contributed by atoms with Gasteiger partial charge in [0.2, 0.25) is 0 Å². The Morgan fingerprint density at radius 2 is 2.25 bits per heavy atom. The zero-order valence-electron chi connectivity index (χ0n) is 8.96. The molecule has 1 aromatic carbocycles. The van der Waals surface area contributed by atoms with E-state index in [1.54, 1.807) is 30.0 Å². The average Bonchev–Trinajstić information content (AvgIpc) is 2.79. The highest BCUT2D eigenvalue weighted by molar-refractivity contribution is 7.09. The van der Waals surface area contributed by atoms with E-state index in [9.17, 15) is 5.11 Å². The molecule has 0 bridgehead atoms. The Balaban J connectivity index is 2.09. The largest absolute Gasteiger partial charge is 0.488 e. The van der Waals surface area contributed by atoms with Gasteiger partial charge in [-0.2, -0.15) is 0 Å². The number of aromatic nitrogens is 1. The lowest BCUT2D eigenvalue weighted by atomic mass is 10.1. The van der Waals surface area contributed by atoms with Gasteiger partial charge in [0, 0.05) is 11.8 Å². The van der Waals surface area contributed by atoms with E-state index in [0.29, 0.717) is 6.61 Å². The molecule has 1 heterocycles. The van der Waals surface area contributed by atoms with Crippen molar-refractivity contribution in [3.8, 4) is 5.75 Å². The molecule has 0 aliphatic rings. The van der Waals surface area contributed by atoms with Crippen LogP contribution in [0.25, 0.3) is 0 Å². The highest BCUT2D eigenvalue weighted by atomic mass is 32.1. The molecule has 1 unspecified atom stereocenters. The molecule has 1 atom stereocenters. The van der Waals surface area contributed by atoms with Crippen LogP contribution in [0.15, 0.2) is 36.0 Å². The standard InChI is InChI=1S/C12H13NO2S/c1-9(14)11-4-2-3-5-12(11)15-7-10-6-13-8-16-10/h2-6,8-9,14H,7H2,1H3. The Labute approximate surface area is 98.4 Å². The molecule has 0 saturated carbocycles. The van der Waals surface area contributed by atoms with Crippen LogP contribution >= 0.6 is 11.3 Å². The number of para-hydroxylation sites is 1. The second-order valence-corrected chi connectivity index (χ2v) is 4.44. The van der Waals surface area contributed by atoms with Gasteiger partial charge < -0.3 is 9.84 Å². The normalized spacial score (nSPS) is 12.4. The summed E-state index contributed by atoms with van der Waals surface area (Å²) in [5.74, 6) is 0.728. The number of aliphatic hydroxyl groups is 1. The molecule has 0 aliphatic heterocycles. The molecule has 2 aromatic rings. The highest BCUT2D eigenvalue weighted by Crippen LogP contribution is 2.25. The van der Waals surface area contributed by atoms with Crippen molar-refractivity contribution < 1.29 is 9.84 Å². The minimum Gasteiger partial charge on any atom is -0.488 e. The smallest absolute Gasteiger partial charge is 0.125 e. The van der Waals surface area contributed by atoms with Crippen LogP contribution < -0.4 is 4.74 Å². The van der Waals surface area contributed by atoms with Crippen molar-refractivity contribution in [1.82, 2.24) is 4.98 Å². The predicted octanol–water partition coefficient (Wildman–Crippen LogP) is 2.78. The number of hydrogen-bond donors (Lipinski definition) is 1. The highest BCUT2D eigenvalue weighted by Gasteiger charge is 2.08. The first kappa shape index (κ1) is 11.1. The van der Waals surface area contributed by atoms with Crippen LogP contribution in [0.1, 0.15) is 23.5 Å². The monoisotopic (exact) mass is 235 g/mol. The first-order valence-corrected chi connectivity index (χ1v) is 5.92. The van der Waals surface area contributed by atoms with Gasteiger partial charge in [0.25, 0.3) is 0 Å². The van der Waals surface area contributed by atoms with E-state index in [1.165, 1.54) is 0 Å². The molecule has 16 heavy (non-hydrogen) atoms. The maximum atomic E-state index is 9.57. The summed E-state index contributed by atoms with van der Waals surface area (Å²) < 4.78 is 5.65. The van der Waals surface area contributed by atoms with Crippen LogP contribution in [-0.4, -0.2) is 10.1 Å². The fraction of sp³-hybridized carbons (Fsp3) is 0.250. The van der Waals surface area contributed by atoms with Crippen LogP contribution in [0.3, 0.4) is 0 Å². The van der Waals surface area contributed by atoms with Crippen LogP contribution in [0.5, 0.6) is 5.75 Å². The molecule has 2 rings (SSSR count). The van der Waals surface area contributed by atoms with Crippen molar-refractivity contribution in [2.24, 2.45) is 0 Å². The van der Waals surface area contributed by atoms with Crippen molar-refractivity contribution in [3.63, 3.8) is 0 Å². The van der Waals surface area contributed by atoms with Crippen molar-refractivity contribution in [2.75, 3.05) is 0 Å². The van der Waals surface area contributed by atoms with Crippen molar-refractivity contribution in [2.45, 2.75) is 19.6 Å². The summed E-state index contributed by atoms with van der Waals surface area (Å²) in [6.45, 7) is 2.23. The molecule has 3 nitrogen and oxygen atoms in total. The van der Waals surface area contributed by atoms with E-state index in [1.807, 2.05) is 24.3 Å². The number of hydrogen-bond acceptors (Lipinski definition) is 4. The van der Waals surface area contributed by atoms with Gasteiger partial charge in [-0.3, -0.25) is 4.98 Å². The molecule has 0 radical (unpaired) electrons. The maximum Gasteiger partial charge on any atom is 0.125 e. The second kappa shape index (κ2) is 5.09. The first-order chi connectivity index (χ1) is 7.77. The Hall–Kier alpha value is -1.39. The number of benzene rings is 1. The number of nitrogens with zero attached hydrogens (tertiary/aromatic N) is 1. The van der Waals surface area contributed by atoms with E-state index in [2.05, 4.69) is 4.98 Å². The van der Waals surface area contributed by atoms with Gasteiger partial charge in [-0.05, 0) is 13.0 Å². The summed E-state index contributed by atoms with van der Waals surface area (Å²) in [5.41, 5.74) is 2.59. The summed E-state index contributed by atoms with van der Waals surface area (Å²) >= 11 is 1.56. The van der Waals surface area contributed by atoms with E-state index in [0.717, 1.165) is 16.2 Å². The molecule has 0 fully saturated rings. The lowest BCUT2D eigenvalue weighted by molar-refractivity contribution is 0.190. The Kier molecular flexibility index (Phi) is 3.54. The van der Waals surface area contributed by atoms with Crippen LogP contribution in [0.2, 0.25) is 0 Å². The van der Waals surface area contributed by atoms with E-state index < -0.39 is 6.10 Å². The van der Waals surface area contributed by atoms with Gasteiger partial charge >= 0.3 is 0 Å². The van der Waals surface area contributed by atoms with Gasteiger partial charge in [-0.25, -0.2) is 0 Å². The maximum absolute atomic E-state index is 9.57. The molecular formula is C12H13NO2S. The quantitative estimate of drug-likeness (QED) is 0.886. The molecule has 0 amide bonds. The first-order valence-electron chi connectivity index (χ1n) is 5.04. The lowest BCUT2D eigenvalue weighted by Crippen LogP contribution is -1.99. The summed E-state index contributed by atoms with van der Waals surface area (Å²) in [7, 11) is 0. The summed E-state index contributed by atoms with van der Waals surface area (Å²) in [6.07, 6.45) is 1.27. The lowest BCUT2D eigenvalue weighted by Gasteiger charge is -2.12. The molecular weight excluding hydrogens is 222 g/mol. The van der Waals surface area contributed by atoms with Gasteiger partial charge in [0.15, 0.2) is 0 Å².